The van der Waals surface area contributed by atoms with Crippen LogP contribution in [-0.2, 0) is 14.2 Å². The van der Waals surface area contributed by atoms with Crippen LogP contribution in [0.4, 0.5) is 4.79 Å². The van der Waals surface area contributed by atoms with Gasteiger partial charge < -0.3 is 19.9 Å². The lowest BCUT2D eigenvalue weighted by Crippen LogP contribution is -2.54. The zero-order valence-corrected chi connectivity index (χ0v) is 13.5. The molecule has 5 atom stereocenters. The van der Waals surface area contributed by atoms with Crippen LogP contribution in [0.2, 0.25) is 0 Å². The number of rotatable bonds is 5. The normalized spacial score (nSPS) is 32.4. The summed E-state index contributed by atoms with van der Waals surface area (Å²) in [5, 5.41) is 0. The van der Waals surface area contributed by atoms with E-state index in [2.05, 4.69) is 13.8 Å². The van der Waals surface area contributed by atoms with E-state index in [9.17, 15) is 4.79 Å². The molecule has 1 rings (SSSR count). The third kappa shape index (κ3) is 4.09. The highest BCUT2D eigenvalue weighted by Crippen LogP contribution is 2.37. The van der Waals surface area contributed by atoms with Crippen molar-refractivity contribution in [1.29, 1.82) is 0 Å². The Morgan fingerprint density at radius 2 is 1.95 bits per heavy atom. The minimum atomic E-state index is -0.727. The predicted molar refractivity (Wildman–Crippen MR) is 77.2 cm³/mol. The Kier molecular flexibility index (Phi) is 5.83. The van der Waals surface area contributed by atoms with Crippen molar-refractivity contribution in [1.82, 2.24) is 0 Å². The Bertz CT molecular complexity index is 332. The second kappa shape index (κ2) is 6.76. The van der Waals surface area contributed by atoms with Crippen molar-refractivity contribution in [2.75, 3.05) is 0 Å². The van der Waals surface area contributed by atoms with Gasteiger partial charge in [-0.25, -0.2) is 4.79 Å². The summed E-state index contributed by atoms with van der Waals surface area (Å²) in [7, 11) is 0. The number of carbonyl (C=O) groups excluding carboxylic acids is 1. The zero-order chi connectivity index (χ0) is 15.5. The molecule has 1 fully saturated rings. The number of hydrogen-bond acceptors (Lipinski definition) is 4. The molecule has 0 aromatic carbocycles. The van der Waals surface area contributed by atoms with Gasteiger partial charge in [-0.2, -0.15) is 0 Å². The predicted octanol–water partition coefficient (Wildman–Crippen LogP) is 3.06. The molecule has 1 aliphatic heterocycles. The molecular formula is C15H29NO4. The third-order valence-electron chi connectivity index (χ3n) is 4.14. The van der Waals surface area contributed by atoms with E-state index in [-0.39, 0.29) is 30.1 Å². The molecule has 1 saturated heterocycles. The molecule has 0 unspecified atom stereocenters. The molecule has 2 N–H and O–H groups in total. The maximum Gasteiger partial charge on any atom is 0.404 e. The highest BCUT2D eigenvalue weighted by Gasteiger charge is 2.44. The molecule has 0 aliphatic carbocycles. The van der Waals surface area contributed by atoms with Gasteiger partial charge in [0, 0.05) is 11.8 Å². The third-order valence-corrected chi connectivity index (χ3v) is 4.14. The van der Waals surface area contributed by atoms with Crippen LogP contribution in [0.15, 0.2) is 0 Å². The van der Waals surface area contributed by atoms with Gasteiger partial charge in [-0.15, -0.1) is 0 Å². The van der Waals surface area contributed by atoms with Crippen LogP contribution in [0.3, 0.4) is 0 Å². The smallest absolute Gasteiger partial charge is 0.404 e. The summed E-state index contributed by atoms with van der Waals surface area (Å²) in [5.41, 5.74) is 5.15. The average Bonchev–Trinajstić information content (AvgIpc) is 2.37. The fourth-order valence-corrected chi connectivity index (χ4v) is 3.11. The Hall–Kier alpha value is -0.810. The Labute approximate surface area is 122 Å². The van der Waals surface area contributed by atoms with E-state index in [0.717, 1.165) is 12.8 Å². The molecule has 1 amide bonds. The summed E-state index contributed by atoms with van der Waals surface area (Å²) in [6.45, 7) is 12.1. The molecule has 118 valence electrons. The molecule has 5 nitrogen and oxygen atoms in total. The number of primary amides is 1. The highest BCUT2D eigenvalue weighted by molar-refractivity contribution is 5.64. The van der Waals surface area contributed by atoms with Crippen LogP contribution in [0, 0.1) is 11.8 Å². The molecule has 0 radical (unpaired) electrons. The molecule has 0 saturated carbocycles. The summed E-state index contributed by atoms with van der Waals surface area (Å²) in [6.07, 6.45) is 0.825. The van der Waals surface area contributed by atoms with Gasteiger partial charge in [-0.3, -0.25) is 0 Å². The van der Waals surface area contributed by atoms with Crippen molar-refractivity contribution in [3.05, 3.63) is 0 Å². The van der Waals surface area contributed by atoms with E-state index < -0.39 is 11.9 Å². The fraction of sp³-hybridized carbons (Fsp3) is 0.933. The van der Waals surface area contributed by atoms with Gasteiger partial charge in [0.2, 0.25) is 0 Å². The highest BCUT2D eigenvalue weighted by atomic mass is 16.7. The van der Waals surface area contributed by atoms with Gasteiger partial charge in [0.15, 0.2) is 5.79 Å². The largest absolute Gasteiger partial charge is 0.446 e. The summed E-state index contributed by atoms with van der Waals surface area (Å²) >= 11 is 0. The molecule has 1 heterocycles. The Balaban J connectivity index is 2.87. The number of nitrogens with two attached hydrogens (primary N) is 1. The minimum absolute atomic E-state index is 0.0204. The van der Waals surface area contributed by atoms with E-state index in [1.54, 1.807) is 0 Å². The van der Waals surface area contributed by atoms with Gasteiger partial charge in [0.25, 0.3) is 0 Å². The lowest BCUT2D eigenvalue weighted by atomic mass is 9.83. The van der Waals surface area contributed by atoms with Gasteiger partial charge in [0.05, 0.1) is 12.2 Å². The summed E-state index contributed by atoms with van der Waals surface area (Å²) in [4.78, 5) is 11.0. The summed E-state index contributed by atoms with van der Waals surface area (Å²) in [6, 6.07) is 0. The molecule has 0 spiro atoms. The number of carbonyl (C=O) groups is 1. The topological polar surface area (TPSA) is 70.8 Å². The van der Waals surface area contributed by atoms with Crippen LogP contribution in [0.1, 0.15) is 54.4 Å². The molecule has 5 heteroatoms. The summed E-state index contributed by atoms with van der Waals surface area (Å²) in [5.74, 6) is -0.301. The van der Waals surface area contributed by atoms with Crippen LogP contribution < -0.4 is 5.73 Å². The number of hydrogen-bond donors (Lipinski definition) is 1. The molecule has 20 heavy (non-hydrogen) atoms. The van der Waals surface area contributed by atoms with E-state index in [4.69, 9.17) is 19.9 Å². The average molecular weight is 287 g/mol. The van der Waals surface area contributed by atoms with Crippen molar-refractivity contribution in [3.8, 4) is 0 Å². The van der Waals surface area contributed by atoms with Crippen LogP contribution in [0.5, 0.6) is 0 Å². The van der Waals surface area contributed by atoms with Crippen LogP contribution in [0.25, 0.3) is 0 Å². The van der Waals surface area contributed by atoms with Gasteiger partial charge in [-0.1, -0.05) is 27.7 Å². The van der Waals surface area contributed by atoms with E-state index in [1.807, 2.05) is 27.7 Å². The first kappa shape index (κ1) is 17.2. The van der Waals surface area contributed by atoms with Crippen molar-refractivity contribution in [3.63, 3.8) is 0 Å². The lowest BCUT2D eigenvalue weighted by Gasteiger charge is -2.47. The van der Waals surface area contributed by atoms with Crippen molar-refractivity contribution >= 4 is 6.09 Å². The molecule has 1 aliphatic rings. The molecule has 0 bridgehead atoms. The fourth-order valence-electron chi connectivity index (χ4n) is 3.11. The maximum atomic E-state index is 11.0. The molecular weight excluding hydrogens is 258 g/mol. The standard InChI is InChI=1S/C15H29NO4/c1-7-11(18-14(16)17)9(3)13-10(4)12(8-2)19-15(5,6)20-13/h9-13H,7-8H2,1-6H3,(H2,16,17)/t9-,10+,11+,12-,13+/m1/s1. The Morgan fingerprint density at radius 3 is 2.40 bits per heavy atom. The Morgan fingerprint density at radius 1 is 1.35 bits per heavy atom. The molecule has 0 aromatic heterocycles. The zero-order valence-electron chi connectivity index (χ0n) is 13.5. The quantitative estimate of drug-likeness (QED) is 0.843. The first-order valence-corrected chi connectivity index (χ1v) is 7.53. The second-order valence-electron chi connectivity index (χ2n) is 6.15. The SMILES string of the molecule is CC[C@H](OC(N)=O)[C@@H](C)[C@@H]1OC(C)(C)O[C@H](CC)[C@@H]1C. The lowest BCUT2D eigenvalue weighted by molar-refractivity contribution is -0.330. The first-order chi connectivity index (χ1) is 9.21. The van der Waals surface area contributed by atoms with E-state index in [1.165, 1.54) is 0 Å². The number of amides is 1. The van der Waals surface area contributed by atoms with Gasteiger partial charge in [-0.05, 0) is 26.7 Å². The summed E-state index contributed by atoms with van der Waals surface area (Å²) < 4.78 is 17.3. The number of ether oxygens (including phenoxy) is 3. The molecule has 0 aromatic rings. The van der Waals surface area contributed by atoms with Gasteiger partial charge in [0.1, 0.15) is 6.10 Å². The first-order valence-electron chi connectivity index (χ1n) is 7.53. The second-order valence-corrected chi connectivity index (χ2v) is 6.15. The minimum Gasteiger partial charge on any atom is -0.446 e. The monoisotopic (exact) mass is 287 g/mol. The van der Waals surface area contributed by atoms with Crippen molar-refractivity contribution in [2.24, 2.45) is 17.6 Å². The maximum absolute atomic E-state index is 11.0. The van der Waals surface area contributed by atoms with Crippen LogP contribution >= 0.6 is 0 Å². The van der Waals surface area contributed by atoms with Crippen LogP contribution in [-0.4, -0.2) is 30.2 Å². The van der Waals surface area contributed by atoms with Crippen molar-refractivity contribution < 1.29 is 19.0 Å². The van der Waals surface area contributed by atoms with Crippen molar-refractivity contribution in [2.45, 2.75) is 78.5 Å². The van der Waals surface area contributed by atoms with E-state index in [0.29, 0.717) is 0 Å². The van der Waals surface area contributed by atoms with E-state index >= 15 is 0 Å². The van der Waals surface area contributed by atoms with Gasteiger partial charge >= 0.3 is 6.09 Å².